The van der Waals surface area contributed by atoms with Crippen molar-refractivity contribution in [1.82, 2.24) is 10.6 Å². The minimum atomic E-state index is -3.00. The van der Waals surface area contributed by atoms with Crippen molar-refractivity contribution in [3.63, 3.8) is 0 Å². The molecule has 0 aromatic heterocycles. The van der Waals surface area contributed by atoms with Crippen LogP contribution in [0.2, 0.25) is 0 Å². The highest BCUT2D eigenvalue weighted by Gasteiger charge is 2.14. The van der Waals surface area contributed by atoms with E-state index >= 15 is 0 Å². The van der Waals surface area contributed by atoms with Crippen LogP contribution in [-0.2, 0) is 6.54 Å². The Hall–Kier alpha value is -1.92. The second kappa shape index (κ2) is 7.62. The van der Waals surface area contributed by atoms with E-state index in [1.54, 1.807) is 7.05 Å². The zero-order valence-electron chi connectivity index (χ0n) is 11.6. The van der Waals surface area contributed by atoms with E-state index in [0.29, 0.717) is 5.96 Å². The van der Waals surface area contributed by atoms with Gasteiger partial charge in [0.2, 0.25) is 0 Å². The first-order chi connectivity index (χ1) is 9.43. The van der Waals surface area contributed by atoms with Gasteiger partial charge in [-0.3, -0.25) is 4.99 Å². The molecule has 0 spiro atoms. The monoisotopic (exact) mass is 289 g/mol. The molecule has 0 unspecified atom stereocenters. The molecule has 112 valence electrons. The molecule has 20 heavy (non-hydrogen) atoms. The largest absolute Gasteiger partial charge is 0.434 e. The fraction of sp³-hybridized carbons (Fsp3) is 0.462. The van der Waals surface area contributed by atoms with Gasteiger partial charge in [0.1, 0.15) is 11.6 Å². The summed E-state index contributed by atoms with van der Waals surface area (Å²) in [6.07, 6.45) is 0. The van der Waals surface area contributed by atoms with Gasteiger partial charge in [0.15, 0.2) is 5.96 Å². The molecule has 0 fully saturated rings. The third-order valence-electron chi connectivity index (χ3n) is 2.37. The number of rotatable bonds is 5. The smallest absolute Gasteiger partial charge is 0.387 e. The number of hydrogen-bond acceptors (Lipinski definition) is 2. The number of benzene rings is 1. The van der Waals surface area contributed by atoms with Crippen LogP contribution in [0.3, 0.4) is 0 Å². The molecule has 1 aromatic rings. The normalized spacial score (nSPS) is 11.9. The van der Waals surface area contributed by atoms with Crippen molar-refractivity contribution in [2.75, 3.05) is 7.05 Å². The predicted molar refractivity (Wildman–Crippen MR) is 71.5 cm³/mol. The van der Waals surface area contributed by atoms with Crippen LogP contribution >= 0.6 is 0 Å². The lowest BCUT2D eigenvalue weighted by atomic mass is 10.2. The van der Waals surface area contributed by atoms with Gasteiger partial charge in [0, 0.05) is 25.2 Å². The summed E-state index contributed by atoms with van der Waals surface area (Å²) in [4.78, 5) is 3.95. The van der Waals surface area contributed by atoms with E-state index in [0.717, 1.165) is 0 Å². The summed E-state index contributed by atoms with van der Waals surface area (Å²) in [6.45, 7) is 0.827. The molecule has 0 aliphatic heterocycles. The molecule has 7 heteroatoms. The number of alkyl halides is 2. The summed E-state index contributed by atoms with van der Waals surface area (Å²) >= 11 is 0. The Bertz CT molecular complexity index is 464. The summed E-state index contributed by atoms with van der Waals surface area (Å²) in [5.74, 6) is -0.352. The number of ether oxygens (including phenoxy) is 1. The fourth-order valence-corrected chi connectivity index (χ4v) is 1.56. The minimum absolute atomic E-state index is 0.0128. The lowest BCUT2D eigenvalue weighted by Gasteiger charge is -2.16. The summed E-state index contributed by atoms with van der Waals surface area (Å²) in [6, 6.07) is 3.94. The van der Waals surface area contributed by atoms with Crippen molar-refractivity contribution in [2.45, 2.75) is 33.0 Å². The Kier molecular flexibility index (Phi) is 6.14. The molecule has 0 aliphatic carbocycles. The van der Waals surface area contributed by atoms with Crippen molar-refractivity contribution in [3.05, 3.63) is 29.6 Å². The van der Waals surface area contributed by atoms with E-state index in [1.165, 1.54) is 18.2 Å². The molecule has 1 aromatic carbocycles. The second-order valence-corrected chi connectivity index (χ2v) is 4.32. The Morgan fingerprint density at radius 1 is 1.35 bits per heavy atom. The molecule has 0 amide bonds. The Balaban J connectivity index is 2.80. The number of aliphatic imine (C=N–C) groups is 1. The maximum absolute atomic E-state index is 13.7. The zero-order valence-corrected chi connectivity index (χ0v) is 11.6. The highest BCUT2D eigenvalue weighted by atomic mass is 19.3. The maximum Gasteiger partial charge on any atom is 0.387 e. The molecule has 0 atom stereocenters. The van der Waals surface area contributed by atoms with Crippen molar-refractivity contribution in [3.8, 4) is 5.75 Å². The predicted octanol–water partition coefficient (Wildman–Crippen LogP) is 2.50. The first-order valence-electron chi connectivity index (χ1n) is 6.13. The quantitative estimate of drug-likeness (QED) is 0.646. The second-order valence-electron chi connectivity index (χ2n) is 4.32. The van der Waals surface area contributed by atoms with E-state index in [1.807, 2.05) is 13.8 Å². The molecule has 0 saturated heterocycles. The van der Waals surface area contributed by atoms with E-state index in [2.05, 4.69) is 20.4 Å². The molecule has 0 bridgehead atoms. The van der Waals surface area contributed by atoms with Crippen LogP contribution < -0.4 is 15.4 Å². The molecule has 2 N–H and O–H groups in total. The van der Waals surface area contributed by atoms with Gasteiger partial charge in [0.05, 0.1) is 0 Å². The first-order valence-corrected chi connectivity index (χ1v) is 6.13. The summed E-state index contributed by atoms with van der Waals surface area (Å²) in [7, 11) is 1.57. The molecule has 0 aliphatic rings. The average Bonchev–Trinajstić information content (AvgIpc) is 2.35. The highest BCUT2D eigenvalue weighted by Crippen LogP contribution is 2.23. The van der Waals surface area contributed by atoms with E-state index in [9.17, 15) is 13.2 Å². The van der Waals surface area contributed by atoms with Gasteiger partial charge in [-0.1, -0.05) is 6.07 Å². The van der Waals surface area contributed by atoms with Gasteiger partial charge in [-0.15, -0.1) is 0 Å². The molecule has 1 rings (SSSR count). The van der Waals surface area contributed by atoms with Crippen LogP contribution in [-0.4, -0.2) is 25.7 Å². The van der Waals surface area contributed by atoms with E-state index in [4.69, 9.17) is 0 Å². The van der Waals surface area contributed by atoms with Crippen molar-refractivity contribution in [2.24, 2.45) is 4.99 Å². The third-order valence-corrected chi connectivity index (χ3v) is 2.37. The first kappa shape index (κ1) is 16.1. The lowest BCUT2D eigenvalue weighted by molar-refractivity contribution is -0.0506. The number of nitrogens with zero attached hydrogens (tertiary/aromatic N) is 1. The number of nitrogens with one attached hydrogen (secondary N) is 2. The van der Waals surface area contributed by atoms with Crippen LogP contribution in [0, 0.1) is 5.82 Å². The highest BCUT2D eigenvalue weighted by molar-refractivity contribution is 5.79. The third kappa shape index (κ3) is 4.99. The average molecular weight is 289 g/mol. The molecule has 0 heterocycles. The van der Waals surface area contributed by atoms with Crippen LogP contribution in [0.1, 0.15) is 19.4 Å². The minimum Gasteiger partial charge on any atom is -0.434 e. The topological polar surface area (TPSA) is 45.7 Å². The van der Waals surface area contributed by atoms with Gasteiger partial charge in [-0.2, -0.15) is 8.78 Å². The van der Waals surface area contributed by atoms with Gasteiger partial charge in [0.25, 0.3) is 0 Å². The van der Waals surface area contributed by atoms with Crippen LogP contribution in [0.5, 0.6) is 5.75 Å². The number of halogens is 3. The molecule has 0 radical (unpaired) electrons. The van der Waals surface area contributed by atoms with Crippen LogP contribution in [0.4, 0.5) is 13.2 Å². The standard InChI is InChI=1S/C13H18F3N3O/c1-8(2)19-13(17-3)18-7-9-10(14)5-4-6-11(9)20-12(15)16/h4-6,8,12H,7H2,1-3H3,(H2,17,18,19). The summed E-state index contributed by atoms with van der Waals surface area (Å²) in [5, 5.41) is 5.85. The van der Waals surface area contributed by atoms with Gasteiger partial charge in [-0.05, 0) is 26.0 Å². The van der Waals surface area contributed by atoms with Crippen molar-refractivity contribution in [1.29, 1.82) is 0 Å². The number of hydrogen-bond donors (Lipinski definition) is 2. The Morgan fingerprint density at radius 2 is 2.05 bits per heavy atom. The van der Waals surface area contributed by atoms with E-state index in [-0.39, 0.29) is 23.9 Å². The number of guanidine groups is 1. The zero-order chi connectivity index (χ0) is 15.1. The molecule has 4 nitrogen and oxygen atoms in total. The summed E-state index contributed by atoms with van der Waals surface area (Å²) in [5.41, 5.74) is 0.0273. The van der Waals surface area contributed by atoms with Gasteiger partial charge < -0.3 is 15.4 Å². The SMILES string of the molecule is CN=C(NCc1c(F)cccc1OC(F)F)NC(C)C. The van der Waals surface area contributed by atoms with Crippen molar-refractivity contribution < 1.29 is 17.9 Å². The van der Waals surface area contributed by atoms with E-state index < -0.39 is 12.4 Å². The lowest BCUT2D eigenvalue weighted by Crippen LogP contribution is -2.40. The molecular weight excluding hydrogens is 271 g/mol. The Morgan fingerprint density at radius 3 is 2.60 bits per heavy atom. The van der Waals surface area contributed by atoms with Crippen LogP contribution in [0.25, 0.3) is 0 Å². The van der Waals surface area contributed by atoms with Gasteiger partial charge >= 0.3 is 6.61 Å². The maximum atomic E-state index is 13.7. The van der Waals surface area contributed by atoms with Crippen LogP contribution in [0.15, 0.2) is 23.2 Å². The van der Waals surface area contributed by atoms with Crippen molar-refractivity contribution >= 4 is 5.96 Å². The van der Waals surface area contributed by atoms with Gasteiger partial charge in [-0.25, -0.2) is 4.39 Å². The summed E-state index contributed by atoms with van der Waals surface area (Å²) < 4.78 is 42.5. The molecule has 0 saturated carbocycles. The molecular formula is C13H18F3N3O. The fourth-order valence-electron chi connectivity index (χ4n) is 1.56. The Labute approximate surface area is 116 Å².